The van der Waals surface area contributed by atoms with Gasteiger partial charge in [0.05, 0.1) is 0 Å². The van der Waals surface area contributed by atoms with Gasteiger partial charge >= 0.3 is 0 Å². The van der Waals surface area contributed by atoms with Crippen molar-refractivity contribution in [2.45, 2.75) is 39.3 Å². The zero-order valence-corrected chi connectivity index (χ0v) is 18.1. The van der Waals surface area contributed by atoms with E-state index in [0.717, 1.165) is 0 Å². The molecule has 4 heteroatoms. The van der Waals surface area contributed by atoms with Crippen LogP contribution in [0.1, 0.15) is 0 Å². The van der Waals surface area contributed by atoms with Gasteiger partial charge in [-0.05, 0) is 0 Å². The van der Waals surface area contributed by atoms with Crippen LogP contribution in [0.15, 0.2) is 36.4 Å². The molecule has 2 aromatic carbocycles. The minimum Gasteiger partial charge on any atom is -0.999 e. The van der Waals surface area contributed by atoms with Gasteiger partial charge in [0.2, 0.25) is 0 Å². The molecular formula is C18H24Ni2Si2-6. The van der Waals surface area contributed by atoms with Crippen molar-refractivity contribution in [2.75, 3.05) is 0 Å². The maximum absolute atomic E-state index is 3.41. The van der Waals surface area contributed by atoms with Gasteiger partial charge in [-0.15, -0.1) is 11.1 Å². The van der Waals surface area contributed by atoms with Crippen LogP contribution in [0.2, 0.25) is 39.3 Å². The molecule has 0 spiro atoms. The van der Waals surface area contributed by atoms with Crippen molar-refractivity contribution in [1.82, 2.24) is 0 Å². The molecule has 0 heterocycles. The second kappa shape index (κ2) is 14.3. The van der Waals surface area contributed by atoms with Crippen LogP contribution in [0.4, 0.5) is 0 Å². The maximum Gasteiger partial charge on any atom is 0.128 e. The average molecular weight is 414 g/mol. The minimum atomic E-state index is -1.09. The van der Waals surface area contributed by atoms with Gasteiger partial charge in [-0.25, -0.2) is 12.1 Å². The van der Waals surface area contributed by atoms with E-state index in [4.69, 9.17) is 0 Å². The number of hydrogen-bond acceptors (Lipinski definition) is 0. The van der Waals surface area contributed by atoms with E-state index in [9.17, 15) is 0 Å². The van der Waals surface area contributed by atoms with Crippen molar-refractivity contribution in [3.8, 4) is 11.1 Å². The Hall–Kier alpha value is -0.319. The third-order valence-electron chi connectivity index (χ3n) is 1.72. The fourth-order valence-corrected chi connectivity index (χ4v) is 3.88. The molecule has 0 fully saturated rings. The van der Waals surface area contributed by atoms with E-state index < -0.39 is 16.1 Å². The molecule has 0 unspecified atom stereocenters. The van der Waals surface area contributed by atoms with Gasteiger partial charge < -0.3 is 30.3 Å². The number of hydrogen-bond donors (Lipinski definition) is 0. The SMILES string of the molecule is C[Si](C)(C)C#C[Si](C)(C)C.[Ni].[Ni].[c-]1[c-][c-][cH-][c-]1.c1cc[cH-]c1. The van der Waals surface area contributed by atoms with E-state index in [1.54, 1.807) is 6.07 Å². The molecular weight excluding hydrogens is 390 g/mol. The minimum absolute atomic E-state index is 0. The molecule has 0 nitrogen and oxygen atoms in total. The predicted molar refractivity (Wildman–Crippen MR) is 93.9 cm³/mol. The first-order valence-electron chi connectivity index (χ1n) is 6.74. The van der Waals surface area contributed by atoms with Crippen LogP contribution in [0.3, 0.4) is 0 Å². The summed E-state index contributed by atoms with van der Waals surface area (Å²) in [6.45, 7) is 13.8. The van der Waals surface area contributed by atoms with Gasteiger partial charge in [-0.3, -0.25) is 0 Å². The summed E-state index contributed by atoms with van der Waals surface area (Å²) in [6.07, 6.45) is 0. The Morgan fingerprint density at radius 2 is 1.09 bits per heavy atom. The van der Waals surface area contributed by atoms with E-state index in [0.29, 0.717) is 0 Å². The smallest absolute Gasteiger partial charge is 0.128 e. The van der Waals surface area contributed by atoms with E-state index in [-0.39, 0.29) is 33.0 Å². The van der Waals surface area contributed by atoms with E-state index in [1.807, 2.05) is 30.3 Å². The summed E-state index contributed by atoms with van der Waals surface area (Å²) in [5.41, 5.74) is 6.82. The third kappa shape index (κ3) is 24.7. The Bertz CT molecular complexity index is 385. The van der Waals surface area contributed by atoms with Crippen molar-refractivity contribution < 1.29 is 33.0 Å². The van der Waals surface area contributed by atoms with Crippen molar-refractivity contribution in [2.24, 2.45) is 0 Å². The van der Waals surface area contributed by atoms with Crippen LogP contribution in [-0.2, 0) is 33.0 Å². The van der Waals surface area contributed by atoms with Crippen molar-refractivity contribution in [1.29, 1.82) is 0 Å². The van der Waals surface area contributed by atoms with Crippen LogP contribution in [0.5, 0.6) is 0 Å². The summed E-state index contributed by atoms with van der Waals surface area (Å²) in [7, 11) is -2.19. The summed E-state index contributed by atoms with van der Waals surface area (Å²) in [6, 6.07) is 22.0. The van der Waals surface area contributed by atoms with Gasteiger partial charge in [0.15, 0.2) is 0 Å². The molecule has 0 radical (unpaired) electrons. The molecule has 130 valence electrons. The Labute approximate surface area is 159 Å². The van der Waals surface area contributed by atoms with Crippen LogP contribution in [-0.4, -0.2) is 16.1 Å². The Balaban J connectivity index is -0.000000254. The summed E-state index contributed by atoms with van der Waals surface area (Å²) < 4.78 is 0. The van der Waals surface area contributed by atoms with Crippen LogP contribution in [0, 0.1) is 35.4 Å². The zero-order chi connectivity index (χ0) is 15.5. The second-order valence-electron chi connectivity index (χ2n) is 6.40. The van der Waals surface area contributed by atoms with Gasteiger partial charge in [0.1, 0.15) is 16.1 Å². The molecule has 0 aliphatic heterocycles. The van der Waals surface area contributed by atoms with Gasteiger partial charge in [-0.1, -0.05) is 39.3 Å². The quantitative estimate of drug-likeness (QED) is 0.332. The standard InChI is InChI=1S/C8H18Si2.C5H5.C5H.2Ni/c1-9(2,3)7-8-10(4,5)6;2*1-2-4-5-3-1;;/h1-6H3;1-5H;1H;;/q;-1;-5;;. The van der Waals surface area contributed by atoms with Crippen molar-refractivity contribution in [3.63, 3.8) is 0 Å². The molecule has 0 aromatic heterocycles. The Kier molecular flexibility index (Phi) is 17.3. The topological polar surface area (TPSA) is 0 Å². The fourth-order valence-electron chi connectivity index (χ4n) is 0.876. The molecule has 2 aromatic rings. The van der Waals surface area contributed by atoms with Crippen LogP contribution < -0.4 is 0 Å². The summed E-state index contributed by atoms with van der Waals surface area (Å²) in [5.74, 6) is 0. The maximum atomic E-state index is 3.41. The summed E-state index contributed by atoms with van der Waals surface area (Å²) in [5, 5.41) is 0. The molecule has 22 heavy (non-hydrogen) atoms. The molecule has 0 saturated carbocycles. The van der Waals surface area contributed by atoms with Gasteiger partial charge in [0, 0.05) is 33.0 Å². The Morgan fingerprint density at radius 3 is 1.23 bits per heavy atom. The van der Waals surface area contributed by atoms with E-state index >= 15 is 0 Å². The summed E-state index contributed by atoms with van der Waals surface area (Å²) >= 11 is 0. The fraction of sp³-hybridized carbons (Fsp3) is 0.333. The molecule has 0 amide bonds. The molecule has 0 bridgehead atoms. The molecule has 0 saturated heterocycles. The molecule has 0 atom stereocenters. The monoisotopic (exact) mass is 412 g/mol. The first-order valence-corrected chi connectivity index (χ1v) is 13.7. The van der Waals surface area contributed by atoms with Crippen LogP contribution >= 0.6 is 0 Å². The normalized spacial score (nSPS) is 9.18. The third-order valence-corrected chi connectivity index (χ3v) is 3.72. The zero-order valence-electron chi connectivity index (χ0n) is 14.1. The van der Waals surface area contributed by atoms with Gasteiger partial charge in [0.25, 0.3) is 0 Å². The second-order valence-corrected chi connectivity index (χ2v) is 15.9. The first-order chi connectivity index (χ1) is 9.21. The average Bonchev–Trinajstić information content (AvgIpc) is 3.03. The predicted octanol–water partition coefficient (Wildman–Crippen LogP) is 4.75. The summed E-state index contributed by atoms with van der Waals surface area (Å²) in [4.78, 5) is 0. The molecule has 0 aliphatic rings. The first kappa shape index (κ1) is 26.6. The van der Waals surface area contributed by atoms with Crippen molar-refractivity contribution in [3.05, 3.63) is 60.7 Å². The van der Waals surface area contributed by atoms with Crippen molar-refractivity contribution >= 4 is 16.1 Å². The number of rotatable bonds is 0. The van der Waals surface area contributed by atoms with Crippen LogP contribution in [0.25, 0.3) is 0 Å². The molecule has 0 aliphatic carbocycles. The van der Waals surface area contributed by atoms with E-state index in [1.165, 1.54) is 0 Å². The molecule has 0 N–H and O–H groups in total. The van der Waals surface area contributed by atoms with Gasteiger partial charge in [-0.2, -0.15) is 18.2 Å². The largest absolute Gasteiger partial charge is 0.999 e. The Morgan fingerprint density at radius 1 is 0.727 bits per heavy atom. The molecule has 2 rings (SSSR count). The van der Waals surface area contributed by atoms with E-state index in [2.05, 4.69) is 74.6 Å².